The third-order valence-corrected chi connectivity index (χ3v) is 14.8. The van der Waals surface area contributed by atoms with Crippen molar-refractivity contribution in [2.75, 3.05) is 6.54 Å². The van der Waals surface area contributed by atoms with Gasteiger partial charge in [0.2, 0.25) is 0 Å². The van der Waals surface area contributed by atoms with Crippen LogP contribution < -0.4 is 4.74 Å². The topological polar surface area (TPSA) is 87.1 Å². The van der Waals surface area contributed by atoms with Crippen molar-refractivity contribution in [2.45, 2.75) is 77.0 Å². The molecule has 0 heterocycles. The number of ketones is 1. The lowest BCUT2D eigenvalue weighted by molar-refractivity contribution is -0.175. The van der Waals surface area contributed by atoms with Gasteiger partial charge >= 0.3 is 6.09 Å². The van der Waals surface area contributed by atoms with Gasteiger partial charge in [-0.1, -0.05) is 123 Å². The molecule has 8 atom stereocenters. The molecule has 53 heavy (non-hydrogen) atoms. The average molecular weight is 708 g/mol. The zero-order chi connectivity index (χ0) is 36.6. The Balaban J connectivity index is 1.09. The molecule has 0 radical (unpaired) electrons. The van der Waals surface area contributed by atoms with Gasteiger partial charge in [0, 0.05) is 33.9 Å². The van der Waals surface area contributed by atoms with Crippen molar-refractivity contribution in [1.29, 1.82) is 0 Å². The average Bonchev–Trinajstić information content (AvgIpc) is 3.44. The summed E-state index contributed by atoms with van der Waals surface area (Å²) < 4.78 is 6.08. The van der Waals surface area contributed by atoms with Crippen LogP contribution in [0.3, 0.4) is 0 Å². The van der Waals surface area contributed by atoms with Gasteiger partial charge in [0.25, 0.3) is 0 Å². The maximum absolute atomic E-state index is 14.8. The molecule has 0 saturated heterocycles. The molecule has 0 aliphatic heterocycles. The fourth-order valence-electron chi connectivity index (χ4n) is 12.0. The summed E-state index contributed by atoms with van der Waals surface area (Å²) in [6.45, 7) is 5.03. The number of aliphatic hydroxyl groups is 2. The first kappa shape index (κ1) is 34.3. The molecule has 3 fully saturated rings. The second kappa shape index (κ2) is 12.3. The number of fused-ring (bicyclic) bond motifs is 2. The number of rotatable bonds is 7. The molecule has 10 rings (SSSR count). The zero-order valence-corrected chi connectivity index (χ0v) is 30.7. The number of Topliss-reactive ketones (excluding diaryl/α,β-unsaturated/α-hetero) is 1. The molecular weight excluding hydrogens is 659 g/mol. The van der Waals surface area contributed by atoms with Crippen molar-refractivity contribution in [3.63, 3.8) is 0 Å². The van der Waals surface area contributed by atoms with E-state index in [1.165, 1.54) is 0 Å². The molecule has 6 nitrogen and oxygen atoms in total. The minimum atomic E-state index is -1.22. The maximum Gasteiger partial charge on any atom is 0.415 e. The van der Waals surface area contributed by atoms with E-state index < -0.39 is 34.0 Å². The number of benzene rings is 4. The quantitative estimate of drug-likeness (QED) is 0.148. The van der Waals surface area contributed by atoms with Crippen molar-refractivity contribution in [2.24, 2.45) is 33.5 Å². The van der Waals surface area contributed by atoms with E-state index in [2.05, 4.69) is 32.1 Å². The van der Waals surface area contributed by atoms with Gasteiger partial charge in [0.05, 0.1) is 18.2 Å². The third kappa shape index (κ3) is 5.05. The third-order valence-electron chi connectivity index (χ3n) is 14.8. The molecule has 1 amide bonds. The first-order chi connectivity index (χ1) is 25.5. The molecule has 8 unspecified atom stereocenters. The van der Waals surface area contributed by atoms with Crippen molar-refractivity contribution in [3.05, 3.63) is 138 Å². The van der Waals surface area contributed by atoms with Gasteiger partial charge in [-0.15, -0.1) is 0 Å². The van der Waals surface area contributed by atoms with Crippen LogP contribution >= 0.6 is 0 Å². The molecule has 4 aromatic carbocycles. The smallest absolute Gasteiger partial charge is 0.410 e. The molecule has 2 N–H and O–H groups in total. The summed E-state index contributed by atoms with van der Waals surface area (Å²) in [5.74, 6) is 0.683. The molecule has 6 aliphatic carbocycles. The van der Waals surface area contributed by atoms with Crippen LogP contribution in [0.25, 0.3) is 10.8 Å². The summed E-state index contributed by atoms with van der Waals surface area (Å²) in [5, 5.41) is 26.2. The summed E-state index contributed by atoms with van der Waals surface area (Å²) in [5.41, 5.74) is -0.431. The molecule has 2 bridgehead atoms. The first-order valence-electron chi connectivity index (χ1n) is 19.4. The van der Waals surface area contributed by atoms with Crippen molar-refractivity contribution >= 4 is 22.6 Å². The van der Waals surface area contributed by atoms with Gasteiger partial charge in [-0.05, 0) is 90.7 Å². The standard InChI is InChI=1S/C47H49NO5/c1-43-22-19-36(49)28-45(43)25-26-47(38(29-45)41(50)34-14-7-4-8-15-34)39(43)20-23-44(2)40(47)21-24-46(44,52)31-48(30-32-11-5-3-6-12-32)42(51)53-37-18-17-33-13-9-10-16-35(33)27-37/h3-18,25-27,29,36,39-40,49,52H,19-24,28,30-31H2,1-2H3. The highest BCUT2D eigenvalue weighted by molar-refractivity contribution is 6.10. The minimum Gasteiger partial charge on any atom is -0.410 e. The number of carbonyl (C=O) groups is 2. The van der Waals surface area contributed by atoms with E-state index in [0.717, 1.165) is 54.0 Å². The van der Waals surface area contributed by atoms with Gasteiger partial charge < -0.3 is 19.8 Å². The first-order valence-corrected chi connectivity index (χ1v) is 19.4. The van der Waals surface area contributed by atoms with Crippen LogP contribution in [0.1, 0.15) is 74.7 Å². The number of ether oxygens (including phenoxy) is 1. The van der Waals surface area contributed by atoms with Crippen LogP contribution in [0.2, 0.25) is 0 Å². The largest absolute Gasteiger partial charge is 0.415 e. The Morgan fingerprint density at radius 1 is 0.774 bits per heavy atom. The molecule has 6 aliphatic rings. The SMILES string of the molecule is CC12CCC(O)CC13C=CC1(C(C(=O)c4ccccc4)=C3)C2CCC2(C)C1CCC2(O)CN(Cc1ccccc1)C(=O)Oc1ccc2ccccc2c1. The Hall–Kier alpha value is -4.52. The lowest BCUT2D eigenvalue weighted by Gasteiger charge is -2.71. The summed E-state index contributed by atoms with van der Waals surface area (Å²) in [6.07, 6.45) is 11.2. The Morgan fingerprint density at radius 2 is 1.43 bits per heavy atom. The monoisotopic (exact) mass is 707 g/mol. The van der Waals surface area contributed by atoms with Crippen LogP contribution in [-0.2, 0) is 6.54 Å². The van der Waals surface area contributed by atoms with Gasteiger partial charge in [-0.3, -0.25) is 4.79 Å². The Labute approximate surface area is 312 Å². The predicted octanol–water partition coefficient (Wildman–Crippen LogP) is 9.31. The van der Waals surface area contributed by atoms with E-state index in [9.17, 15) is 19.8 Å². The summed E-state index contributed by atoms with van der Waals surface area (Å²) in [6, 6.07) is 33.1. The lowest BCUT2D eigenvalue weighted by atomic mass is 9.32. The van der Waals surface area contributed by atoms with Crippen molar-refractivity contribution < 1.29 is 24.5 Å². The van der Waals surface area contributed by atoms with E-state index in [4.69, 9.17) is 4.74 Å². The van der Waals surface area contributed by atoms with E-state index >= 15 is 0 Å². The van der Waals surface area contributed by atoms with Crippen LogP contribution in [0.5, 0.6) is 5.75 Å². The van der Waals surface area contributed by atoms with Gasteiger partial charge in [-0.25, -0.2) is 4.79 Å². The van der Waals surface area contributed by atoms with Crippen molar-refractivity contribution in [1.82, 2.24) is 4.90 Å². The highest BCUT2D eigenvalue weighted by Gasteiger charge is 2.74. The Kier molecular flexibility index (Phi) is 7.92. The van der Waals surface area contributed by atoms with Crippen LogP contribution in [-0.4, -0.2) is 45.2 Å². The molecule has 0 aromatic heterocycles. The van der Waals surface area contributed by atoms with E-state index in [0.29, 0.717) is 30.7 Å². The fourth-order valence-corrected chi connectivity index (χ4v) is 12.0. The van der Waals surface area contributed by atoms with Gasteiger partial charge in [0.1, 0.15) is 5.75 Å². The maximum atomic E-state index is 14.8. The second-order valence-corrected chi connectivity index (χ2v) is 17.2. The molecule has 4 aromatic rings. The number of hydrogen-bond donors (Lipinski definition) is 2. The predicted molar refractivity (Wildman–Crippen MR) is 206 cm³/mol. The van der Waals surface area contributed by atoms with Crippen LogP contribution in [0.15, 0.2) is 127 Å². The zero-order valence-electron chi connectivity index (χ0n) is 30.7. The lowest BCUT2D eigenvalue weighted by Crippen LogP contribution is -2.67. The number of aliphatic hydroxyl groups excluding tert-OH is 1. The summed E-state index contributed by atoms with van der Waals surface area (Å²) in [7, 11) is 0. The molecule has 6 heteroatoms. The normalized spacial score (nSPS) is 35.2. The Bertz CT molecular complexity index is 2150. The van der Waals surface area contributed by atoms with Gasteiger partial charge in [0.15, 0.2) is 5.78 Å². The highest BCUT2D eigenvalue weighted by atomic mass is 16.6. The second-order valence-electron chi connectivity index (χ2n) is 17.2. The van der Waals surface area contributed by atoms with Crippen LogP contribution in [0, 0.1) is 33.5 Å². The number of allylic oxidation sites excluding steroid dienone is 4. The van der Waals surface area contributed by atoms with E-state index in [-0.39, 0.29) is 29.6 Å². The minimum absolute atomic E-state index is 0.0222. The van der Waals surface area contributed by atoms with E-state index in [1.807, 2.05) is 103 Å². The molecule has 3 saturated carbocycles. The van der Waals surface area contributed by atoms with Crippen molar-refractivity contribution in [3.8, 4) is 5.75 Å². The fraction of sp³-hybridized carbons (Fsp3) is 0.404. The van der Waals surface area contributed by atoms with Gasteiger partial charge in [-0.2, -0.15) is 0 Å². The molecular formula is C47H49NO5. The molecule has 2 spiro atoms. The Morgan fingerprint density at radius 3 is 2.21 bits per heavy atom. The number of nitrogens with zero attached hydrogens (tertiary/aromatic N) is 1. The number of amides is 1. The summed E-state index contributed by atoms with van der Waals surface area (Å²) >= 11 is 0. The number of hydrogen-bond acceptors (Lipinski definition) is 5. The summed E-state index contributed by atoms with van der Waals surface area (Å²) in [4.78, 5) is 30.7. The van der Waals surface area contributed by atoms with Crippen LogP contribution in [0.4, 0.5) is 4.79 Å². The molecule has 272 valence electrons. The highest BCUT2D eigenvalue weighted by Crippen LogP contribution is 2.78. The van der Waals surface area contributed by atoms with E-state index in [1.54, 1.807) is 4.90 Å². The number of carbonyl (C=O) groups excluding carboxylic acids is 2.